The highest BCUT2D eigenvalue weighted by Crippen LogP contribution is 2.38. The Morgan fingerprint density at radius 1 is 1.17 bits per heavy atom. The number of aromatic nitrogens is 3. The van der Waals surface area contributed by atoms with Crippen LogP contribution in [0.1, 0.15) is 53.3 Å². The van der Waals surface area contributed by atoms with Crippen LogP contribution >= 0.6 is 39.0 Å². The fraction of sp³-hybridized carbons (Fsp3) is 0.417. The summed E-state index contributed by atoms with van der Waals surface area (Å²) >= 11 is 6.21. The Morgan fingerprint density at radius 3 is 2.69 bits per heavy atom. The molecule has 1 aliphatic carbocycles. The van der Waals surface area contributed by atoms with Crippen molar-refractivity contribution in [3.8, 4) is 5.75 Å². The number of aryl methyl sites for hydroxylation is 1. The van der Waals surface area contributed by atoms with Gasteiger partial charge in [-0.2, -0.15) is 0 Å². The number of halogens is 1. The minimum atomic E-state index is -0.365. The molecule has 1 aliphatic rings. The lowest BCUT2D eigenvalue weighted by Crippen LogP contribution is -2.17. The summed E-state index contributed by atoms with van der Waals surface area (Å²) < 4.78 is 14.0. The van der Waals surface area contributed by atoms with Crippen molar-refractivity contribution in [2.75, 3.05) is 17.7 Å². The van der Waals surface area contributed by atoms with Crippen molar-refractivity contribution < 1.29 is 19.1 Å². The number of anilines is 1. The number of fused-ring (bicyclic) bond motifs is 1. The van der Waals surface area contributed by atoms with E-state index in [1.54, 1.807) is 6.92 Å². The van der Waals surface area contributed by atoms with E-state index in [4.69, 9.17) is 9.47 Å². The first kappa shape index (κ1) is 25.7. The van der Waals surface area contributed by atoms with Crippen LogP contribution < -0.4 is 10.1 Å². The normalized spacial score (nSPS) is 12.8. The largest absolute Gasteiger partial charge is 0.486 e. The van der Waals surface area contributed by atoms with Gasteiger partial charge in [0.2, 0.25) is 5.91 Å². The van der Waals surface area contributed by atoms with Gasteiger partial charge in [-0.25, -0.2) is 4.79 Å². The monoisotopic (exact) mass is 578 g/mol. The first-order chi connectivity index (χ1) is 17.0. The predicted molar refractivity (Wildman–Crippen MR) is 140 cm³/mol. The number of hydrogen-bond donors (Lipinski definition) is 1. The molecular formula is C24H27BrN4O4S2. The Morgan fingerprint density at radius 2 is 1.94 bits per heavy atom. The van der Waals surface area contributed by atoms with Crippen molar-refractivity contribution in [3.05, 3.63) is 50.6 Å². The van der Waals surface area contributed by atoms with Gasteiger partial charge in [-0.15, -0.1) is 21.5 Å². The fourth-order valence-electron chi connectivity index (χ4n) is 3.89. The molecule has 0 bridgehead atoms. The topological polar surface area (TPSA) is 95.3 Å². The van der Waals surface area contributed by atoms with Gasteiger partial charge in [-0.1, -0.05) is 27.7 Å². The Balaban J connectivity index is 1.39. The standard InChI is InChI=1S/C24H27BrN4O4S2/c1-3-29-19(13-33-16-11-9-15(25)10-12-16)27-28-24(29)34-14-20(30)26-22-21(23(31)32-4-2)17-7-5-6-8-18(17)35-22/h9-12H,3-8,13-14H2,1-2H3,(H,26,30). The van der Waals surface area contributed by atoms with E-state index in [2.05, 4.69) is 31.4 Å². The second-order valence-corrected chi connectivity index (χ2v) is 10.8. The minimum absolute atomic E-state index is 0.149. The minimum Gasteiger partial charge on any atom is -0.486 e. The van der Waals surface area contributed by atoms with Crippen LogP contribution in [0.15, 0.2) is 33.9 Å². The van der Waals surface area contributed by atoms with Gasteiger partial charge >= 0.3 is 5.97 Å². The van der Waals surface area contributed by atoms with Crippen molar-refractivity contribution >= 4 is 55.9 Å². The number of benzene rings is 1. The van der Waals surface area contributed by atoms with E-state index < -0.39 is 0 Å². The number of nitrogens with zero attached hydrogens (tertiary/aromatic N) is 3. The second-order valence-electron chi connectivity index (χ2n) is 7.86. The summed E-state index contributed by atoms with van der Waals surface area (Å²) in [7, 11) is 0. The summed E-state index contributed by atoms with van der Waals surface area (Å²) in [5.74, 6) is 1.02. The highest BCUT2D eigenvalue weighted by atomic mass is 79.9. The molecule has 0 saturated heterocycles. The molecule has 3 aromatic rings. The highest BCUT2D eigenvalue weighted by Gasteiger charge is 2.27. The maximum atomic E-state index is 12.8. The van der Waals surface area contributed by atoms with Crippen LogP contribution in [-0.4, -0.2) is 39.0 Å². The van der Waals surface area contributed by atoms with Crippen LogP contribution in [0.4, 0.5) is 5.00 Å². The van der Waals surface area contributed by atoms with Crippen molar-refractivity contribution in [3.63, 3.8) is 0 Å². The summed E-state index contributed by atoms with van der Waals surface area (Å²) in [6.45, 7) is 5.01. The smallest absolute Gasteiger partial charge is 0.341 e. The molecule has 0 unspecified atom stereocenters. The van der Waals surface area contributed by atoms with E-state index in [1.807, 2.05) is 35.8 Å². The number of thiophene rings is 1. The molecule has 1 amide bonds. The van der Waals surface area contributed by atoms with E-state index in [0.717, 1.165) is 41.5 Å². The molecule has 0 aliphatic heterocycles. The third-order valence-electron chi connectivity index (χ3n) is 5.53. The average Bonchev–Trinajstić information content (AvgIpc) is 3.42. The number of rotatable bonds is 10. The van der Waals surface area contributed by atoms with E-state index in [-0.39, 0.29) is 24.2 Å². The molecule has 2 aromatic heterocycles. The van der Waals surface area contributed by atoms with Gasteiger partial charge in [0, 0.05) is 15.9 Å². The van der Waals surface area contributed by atoms with Gasteiger partial charge in [0.1, 0.15) is 17.4 Å². The molecule has 0 saturated carbocycles. The summed E-state index contributed by atoms with van der Waals surface area (Å²) in [6.07, 6.45) is 3.91. The van der Waals surface area contributed by atoms with E-state index in [9.17, 15) is 9.59 Å². The molecule has 4 rings (SSSR count). The van der Waals surface area contributed by atoms with Gasteiger partial charge in [0.15, 0.2) is 11.0 Å². The molecule has 11 heteroatoms. The molecule has 1 aromatic carbocycles. The zero-order chi connectivity index (χ0) is 24.8. The molecule has 0 fully saturated rings. The van der Waals surface area contributed by atoms with Crippen molar-refractivity contribution in [2.24, 2.45) is 0 Å². The van der Waals surface area contributed by atoms with E-state index in [1.165, 1.54) is 28.0 Å². The van der Waals surface area contributed by atoms with Crippen molar-refractivity contribution in [1.82, 2.24) is 14.8 Å². The van der Waals surface area contributed by atoms with Crippen LogP contribution in [0.3, 0.4) is 0 Å². The highest BCUT2D eigenvalue weighted by molar-refractivity contribution is 9.10. The molecule has 0 spiro atoms. The lowest BCUT2D eigenvalue weighted by Gasteiger charge is -2.12. The molecular weight excluding hydrogens is 552 g/mol. The van der Waals surface area contributed by atoms with Gasteiger partial charge in [-0.05, 0) is 69.4 Å². The average molecular weight is 580 g/mol. The third-order valence-corrected chi connectivity index (χ3v) is 8.23. The van der Waals surface area contributed by atoms with Crippen LogP contribution in [0, 0.1) is 0 Å². The fourth-order valence-corrected chi connectivity index (χ4v) is 6.27. The zero-order valence-electron chi connectivity index (χ0n) is 19.6. The second kappa shape index (κ2) is 12.0. The first-order valence-electron chi connectivity index (χ1n) is 11.5. The quantitative estimate of drug-likeness (QED) is 0.251. The number of carbonyl (C=O) groups is 2. The SMILES string of the molecule is CCOC(=O)c1c(NC(=O)CSc2nnc(COc3ccc(Br)cc3)n2CC)sc2c1CCCC2. The van der Waals surface area contributed by atoms with Crippen molar-refractivity contribution in [2.45, 2.75) is 57.8 Å². The Hall–Kier alpha value is -2.37. The first-order valence-corrected chi connectivity index (χ1v) is 14.1. The summed E-state index contributed by atoms with van der Waals surface area (Å²) in [4.78, 5) is 26.6. The molecule has 35 heavy (non-hydrogen) atoms. The van der Waals surface area contributed by atoms with Crippen LogP contribution in [0.25, 0.3) is 0 Å². The van der Waals surface area contributed by atoms with Crippen LogP contribution in [-0.2, 0) is 35.5 Å². The molecule has 1 N–H and O–H groups in total. The van der Waals surface area contributed by atoms with Gasteiger partial charge < -0.3 is 19.4 Å². The number of esters is 1. The van der Waals surface area contributed by atoms with Crippen molar-refractivity contribution in [1.29, 1.82) is 0 Å². The molecule has 186 valence electrons. The predicted octanol–water partition coefficient (Wildman–Crippen LogP) is 5.49. The van der Waals surface area contributed by atoms with Crippen LogP contribution in [0.5, 0.6) is 5.75 Å². The summed E-state index contributed by atoms with van der Waals surface area (Å²) in [5.41, 5.74) is 1.55. The molecule has 0 radical (unpaired) electrons. The third kappa shape index (κ3) is 6.25. The lowest BCUT2D eigenvalue weighted by atomic mass is 9.95. The number of ether oxygens (including phenoxy) is 2. The number of amides is 1. The molecule has 0 atom stereocenters. The van der Waals surface area contributed by atoms with Gasteiger partial charge in [-0.3, -0.25) is 4.79 Å². The Labute approximate surface area is 220 Å². The number of nitrogens with one attached hydrogen (secondary N) is 1. The maximum absolute atomic E-state index is 12.8. The Kier molecular flexibility index (Phi) is 8.85. The molecule has 8 nitrogen and oxygen atoms in total. The van der Waals surface area contributed by atoms with E-state index in [0.29, 0.717) is 34.7 Å². The number of thioether (sulfide) groups is 1. The Bertz CT molecular complexity index is 1190. The summed E-state index contributed by atoms with van der Waals surface area (Å²) in [5, 5.41) is 12.7. The maximum Gasteiger partial charge on any atom is 0.341 e. The van der Waals surface area contributed by atoms with Gasteiger partial charge in [0.25, 0.3) is 0 Å². The van der Waals surface area contributed by atoms with E-state index >= 15 is 0 Å². The molecule has 2 heterocycles. The zero-order valence-corrected chi connectivity index (χ0v) is 22.9. The number of hydrogen-bond acceptors (Lipinski definition) is 8. The van der Waals surface area contributed by atoms with Gasteiger partial charge in [0.05, 0.1) is 17.9 Å². The lowest BCUT2D eigenvalue weighted by molar-refractivity contribution is -0.113. The van der Waals surface area contributed by atoms with Crippen LogP contribution in [0.2, 0.25) is 0 Å². The summed E-state index contributed by atoms with van der Waals surface area (Å²) in [6, 6.07) is 7.59. The number of carbonyl (C=O) groups excluding carboxylic acids is 2.